The topological polar surface area (TPSA) is 110 Å². The number of fused-ring (bicyclic) bond motifs is 1. The number of aromatic amines is 1. The molecular weight excluding hydrogens is 375 g/mol. The zero-order valence-electron chi connectivity index (χ0n) is 15.9. The number of amides is 2. The summed E-state index contributed by atoms with van der Waals surface area (Å²) in [5.74, 6) is -0.639. The predicted molar refractivity (Wildman–Crippen MR) is 109 cm³/mol. The summed E-state index contributed by atoms with van der Waals surface area (Å²) < 4.78 is 18.6. The van der Waals surface area contributed by atoms with Crippen molar-refractivity contribution in [3.8, 4) is 5.75 Å². The molecule has 8 heteroatoms. The first-order valence-corrected chi connectivity index (χ1v) is 9.05. The van der Waals surface area contributed by atoms with Crippen molar-refractivity contribution in [1.82, 2.24) is 15.5 Å². The lowest BCUT2D eigenvalue weighted by Gasteiger charge is -2.10. The molecule has 0 saturated carbocycles. The molecule has 0 saturated heterocycles. The van der Waals surface area contributed by atoms with Crippen LogP contribution in [0, 0.1) is 5.82 Å². The number of methoxy groups -OCH3 is 1. The van der Waals surface area contributed by atoms with Gasteiger partial charge in [0, 0.05) is 13.0 Å². The molecule has 0 spiro atoms. The molecule has 7 nitrogen and oxygen atoms in total. The van der Waals surface area contributed by atoms with E-state index in [0.29, 0.717) is 40.9 Å². The highest BCUT2D eigenvalue weighted by atomic mass is 19.1. The monoisotopic (exact) mass is 396 g/mol. The molecule has 1 heterocycles. The Bertz CT molecular complexity index is 1060. The third-order valence-corrected chi connectivity index (χ3v) is 4.35. The van der Waals surface area contributed by atoms with Gasteiger partial charge in [0.05, 0.1) is 29.3 Å². The third-order valence-electron chi connectivity index (χ3n) is 4.35. The molecule has 1 aromatic heterocycles. The molecular formula is C21H21FN4O3. The van der Waals surface area contributed by atoms with Gasteiger partial charge in [-0.2, -0.15) is 5.10 Å². The van der Waals surface area contributed by atoms with Crippen LogP contribution in [0.4, 0.5) is 4.39 Å². The summed E-state index contributed by atoms with van der Waals surface area (Å²) in [6.45, 7) is 0.325. The Hall–Kier alpha value is -3.68. The first-order chi connectivity index (χ1) is 14.0. The average Bonchev–Trinajstić information content (AvgIpc) is 3.13. The maximum Gasteiger partial charge on any atom is 0.255 e. The Morgan fingerprint density at radius 3 is 2.66 bits per heavy atom. The zero-order chi connectivity index (χ0) is 20.8. The van der Waals surface area contributed by atoms with Gasteiger partial charge in [0.2, 0.25) is 5.91 Å². The van der Waals surface area contributed by atoms with Crippen LogP contribution in [-0.2, 0) is 4.79 Å². The Balaban J connectivity index is 1.87. The van der Waals surface area contributed by atoms with E-state index in [-0.39, 0.29) is 18.1 Å². The first kappa shape index (κ1) is 20.1. The normalized spacial score (nSPS) is 11.1. The van der Waals surface area contributed by atoms with Gasteiger partial charge in [-0.05, 0) is 42.3 Å². The number of primary amides is 1. The van der Waals surface area contributed by atoms with Crippen molar-refractivity contribution < 1.29 is 18.7 Å². The highest BCUT2D eigenvalue weighted by molar-refractivity contribution is 6.05. The molecule has 0 radical (unpaired) electrons. The summed E-state index contributed by atoms with van der Waals surface area (Å²) in [5.41, 5.74) is 7.57. The van der Waals surface area contributed by atoms with Crippen LogP contribution < -0.4 is 15.8 Å². The summed E-state index contributed by atoms with van der Waals surface area (Å²) in [5, 5.41) is 10.6. The lowest BCUT2D eigenvalue weighted by atomic mass is 10.1. The van der Waals surface area contributed by atoms with Gasteiger partial charge in [-0.25, -0.2) is 4.39 Å². The lowest BCUT2D eigenvalue weighted by molar-refractivity contribution is -0.118. The molecule has 2 aromatic carbocycles. The van der Waals surface area contributed by atoms with Gasteiger partial charge in [0.25, 0.3) is 5.91 Å². The maximum absolute atomic E-state index is 13.1. The van der Waals surface area contributed by atoms with Crippen molar-refractivity contribution in [2.45, 2.75) is 12.8 Å². The number of halogens is 1. The minimum Gasteiger partial charge on any atom is -0.495 e. The number of ether oxygens (including phenoxy) is 1. The van der Waals surface area contributed by atoms with Crippen LogP contribution in [0.15, 0.2) is 36.4 Å². The molecule has 2 amide bonds. The molecule has 0 bridgehead atoms. The van der Waals surface area contributed by atoms with Gasteiger partial charge in [-0.1, -0.05) is 18.2 Å². The largest absolute Gasteiger partial charge is 0.495 e. The highest BCUT2D eigenvalue weighted by Crippen LogP contribution is 2.32. The van der Waals surface area contributed by atoms with E-state index in [1.54, 1.807) is 36.4 Å². The summed E-state index contributed by atoms with van der Waals surface area (Å²) in [6, 6.07) is 9.47. The van der Waals surface area contributed by atoms with E-state index in [2.05, 4.69) is 15.5 Å². The van der Waals surface area contributed by atoms with Gasteiger partial charge in [-0.3, -0.25) is 14.7 Å². The highest BCUT2D eigenvalue weighted by Gasteiger charge is 2.18. The van der Waals surface area contributed by atoms with E-state index in [1.165, 1.54) is 19.2 Å². The fraction of sp³-hybridized carbons (Fsp3) is 0.190. The van der Waals surface area contributed by atoms with Gasteiger partial charge >= 0.3 is 0 Å². The number of nitrogens with two attached hydrogens (primary N) is 1. The van der Waals surface area contributed by atoms with Gasteiger partial charge in [0.15, 0.2) is 0 Å². The Kier molecular flexibility index (Phi) is 6.23. The van der Waals surface area contributed by atoms with Gasteiger partial charge in [0.1, 0.15) is 11.6 Å². The number of nitrogens with zero attached hydrogens (tertiary/aromatic N) is 1. The first-order valence-electron chi connectivity index (χ1n) is 9.05. The molecule has 29 heavy (non-hydrogen) atoms. The molecule has 0 fully saturated rings. The van der Waals surface area contributed by atoms with Crippen LogP contribution in [0.2, 0.25) is 0 Å². The second-order valence-electron chi connectivity index (χ2n) is 6.39. The quantitative estimate of drug-likeness (QED) is 0.509. The van der Waals surface area contributed by atoms with Crippen LogP contribution in [0.3, 0.4) is 0 Å². The molecule has 150 valence electrons. The standard InChI is InChI=1S/C21H21FN4O3/c1-29-20-15(21(28)24-12-2-3-18(23)27)9-11-17-19(20)16(25-26-17)10-6-13-4-7-14(22)8-5-13/h4-11H,2-3,12H2,1H3,(H2,23,27)(H,24,28)(H,25,26). The number of carbonyl (C=O) groups excluding carboxylic acids is 2. The number of aromatic nitrogens is 2. The Morgan fingerprint density at radius 1 is 1.21 bits per heavy atom. The van der Waals surface area contributed by atoms with E-state index in [9.17, 15) is 14.0 Å². The summed E-state index contributed by atoms with van der Waals surface area (Å²) in [4.78, 5) is 23.4. The van der Waals surface area contributed by atoms with E-state index in [1.807, 2.05) is 0 Å². The SMILES string of the molecule is COc1c(C(=O)NCCCC(N)=O)ccc2[nH]nc(C=Cc3ccc(F)cc3)c12. The number of nitrogens with one attached hydrogen (secondary N) is 2. The minimum absolute atomic E-state index is 0.205. The molecule has 3 aromatic rings. The van der Waals surface area contributed by atoms with Crippen LogP contribution in [0.1, 0.15) is 34.5 Å². The molecule has 0 aliphatic rings. The van der Waals surface area contributed by atoms with Crippen LogP contribution in [-0.4, -0.2) is 35.7 Å². The number of carbonyl (C=O) groups is 2. The van der Waals surface area contributed by atoms with Crippen molar-refractivity contribution in [2.75, 3.05) is 13.7 Å². The van der Waals surface area contributed by atoms with E-state index in [4.69, 9.17) is 10.5 Å². The van der Waals surface area contributed by atoms with Crippen LogP contribution in [0.5, 0.6) is 5.75 Å². The number of rotatable bonds is 8. The van der Waals surface area contributed by atoms with Crippen LogP contribution >= 0.6 is 0 Å². The van der Waals surface area contributed by atoms with E-state index >= 15 is 0 Å². The number of hydrogen-bond donors (Lipinski definition) is 3. The second-order valence-corrected chi connectivity index (χ2v) is 6.39. The molecule has 0 aliphatic heterocycles. The van der Waals surface area contributed by atoms with Crippen molar-refractivity contribution >= 4 is 34.9 Å². The molecule has 4 N–H and O–H groups in total. The molecule has 3 rings (SSSR count). The third kappa shape index (κ3) is 4.78. The Morgan fingerprint density at radius 2 is 1.97 bits per heavy atom. The second kappa shape index (κ2) is 9.01. The summed E-state index contributed by atoms with van der Waals surface area (Å²) in [6.07, 6.45) is 4.23. The van der Waals surface area contributed by atoms with Gasteiger partial charge < -0.3 is 15.8 Å². The predicted octanol–water partition coefficient (Wildman–Crippen LogP) is 2.88. The number of hydrogen-bond acceptors (Lipinski definition) is 4. The van der Waals surface area contributed by atoms with Crippen molar-refractivity contribution in [3.05, 3.63) is 59.0 Å². The molecule has 0 atom stereocenters. The average molecular weight is 396 g/mol. The Labute approximate surface area is 166 Å². The van der Waals surface area contributed by atoms with E-state index in [0.717, 1.165) is 5.56 Å². The van der Waals surface area contributed by atoms with Crippen molar-refractivity contribution in [1.29, 1.82) is 0 Å². The summed E-state index contributed by atoms with van der Waals surface area (Å²) >= 11 is 0. The fourth-order valence-electron chi connectivity index (χ4n) is 2.93. The molecule has 0 unspecified atom stereocenters. The summed E-state index contributed by atoms with van der Waals surface area (Å²) in [7, 11) is 1.49. The number of H-pyrrole nitrogens is 1. The van der Waals surface area contributed by atoms with Crippen molar-refractivity contribution in [3.63, 3.8) is 0 Å². The van der Waals surface area contributed by atoms with Crippen molar-refractivity contribution in [2.24, 2.45) is 5.73 Å². The number of benzene rings is 2. The van der Waals surface area contributed by atoms with E-state index < -0.39 is 5.91 Å². The van der Waals surface area contributed by atoms with Gasteiger partial charge in [-0.15, -0.1) is 0 Å². The fourth-order valence-corrected chi connectivity index (χ4v) is 2.93. The smallest absolute Gasteiger partial charge is 0.255 e. The maximum atomic E-state index is 13.1. The molecule has 0 aliphatic carbocycles. The minimum atomic E-state index is -0.408. The zero-order valence-corrected chi connectivity index (χ0v) is 15.9. The van der Waals surface area contributed by atoms with Crippen LogP contribution in [0.25, 0.3) is 23.1 Å². The lowest BCUT2D eigenvalue weighted by Crippen LogP contribution is -2.26.